The van der Waals surface area contributed by atoms with Crippen molar-refractivity contribution in [3.63, 3.8) is 0 Å². The van der Waals surface area contributed by atoms with Gasteiger partial charge in [-0.2, -0.15) is 0 Å². The SMILES string of the molecule is O=C(c1ccc([N+](=O)[O-])s1)N1CCN(C(=S)NCCc2ccccc2)CC1. The van der Waals surface area contributed by atoms with E-state index in [9.17, 15) is 14.9 Å². The fourth-order valence-corrected chi connectivity index (χ4v) is 3.95. The van der Waals surface area contributed by atoms with Gasteiger partial charge < -0.3 is 15.1 Å². The Morgan fingerprint density at radius 3 is 2.41 bits per heavy atom. The molecule has 1 aliphatic rings. The molecule has 142 valence electrons. The predicted octanol–water partition coefficient (Wildman–Crippen LogP) is 2.53. The number of thiophene rings is 1. The lowest BCUT2D eigenvalue weighted by Gasteiger charge is -2.36. The Morgan fingerprint density at radius 2 is 1.78 bits per heavy atom. The second-order valence-corrected chi connectivity index (χ2v) is 7.59. The van der Waals surface area contributed by atoms with Crippen LogP contribution in [0.25, 0.3) is 0 Å². The number of hydrogen-bond acceptors (Lipinski definition) is 5. The second kappa shape index (κ2) is 8.92. The molecule has 7 nitrogen and oxygen atoms in total. The Bertz CT molecular complexity index is 817. The first kappa shape index (κ1) is 19.2. The van der Waals surface area contributed by atoms with Crippen LogP contribution in [0.1, 0.15) is 15.2 Å². The van der Waals surface area contributed by atoms with Crippen LogP contribution in [0.5, 0.6) is 0 Å². The minimum atomic E-state index is -0.473. The molecule has 1 aromatic carbocycles. The third-order valence-corrected chi connectivity index (χ3v) is 5.80. The minimum Gasteiger partial charge on any atom is -0.362 e. The summed E-state index contributed by atoms with van der Waals surface area (Å²) in [6.07, 6.45) is 0.899. The summed E-state index contributed by atoms with van der Waals surface area (Å²) < 4.78 is 0. The van der Waals surface area contributed by atoms with Gasteiger partial charge in [0, 0.05) is 38.8 Å². The average Bonchev–Trinajstić information content (AvgIpc) is 3.19. The van der Waals surface area contributed by atoms with E-state index in [1.165, 1.54) is 17.7 Å². The fraction of sp³-hybridized carbons (Fsp3) is 0.333. The van der Waals surface area contributed by atoms with E-state index in [2.05, 4.69) is 22.3 Å². The second-order valence-electron chi connectivity index (χ2n) is 6.14. The number of piperazine rings is 1. The number of carbonyl (C=O) groups excluding carboxylic acids is 1. The molecule has 27 heavy (non-hydrogen) atoms. The summed E-state index contributed by atoms with van der Waals surface area (Å²) in [6.45, 7) is 3.16. The molecule has 0 bridgehead atoms. The van der Waals surface area contributed by atoms with Gasteiger partial charge in [-0.3, -0.25) is 14.9 Å². The van der Waals surface area contributed by atoms with Crippen LogP contribution in [-0.2, 0) is 6.42 Å². The average molecular weight is 405 g/mol. The Hall–Kier alpha value is -2.52. The third-order valence-electron chi connectivity index (χ3n) is 4.37. The van der Waals surface area contributed by atoms with Gasteiger partial charge in [-0.05, 0) is 30.3 Å². The molecule has 0 spiro atoms. The van der Waals surface area contributed by atoms with Crippen molar-refractivity contribution in [3.05, 3.63) is 63.0 Å². The van der Waals surface area contributed by atoms with E-state index < -0.39 is 4.92 Å². The van der Waals surface area contributed by atoms with Crippen LogP contribution in [0.2, 0.25) is 0 Å². The van der Waals surface area contributed by atoms with Crippen molar-refractivity contribution in [2.24, 2.45) is 0 Å². The number of nitrogens with zero attached hydrogens (tertiary/aromatic N) is 3. The quantitative estimate of drug-likeness (QED) is 0.469. The lowest BCUT2D eigenvalue weighted by Crippen LogP contribution is -2.53. The molecule has 1 amide bonds. The molecule has 3 rings (SSSR count). The molecule has 1 saturated heterocycles. The van der Waals surface area contributed by atoms with E-state index in [1.807, 2.05) is 18.2 Å². The number of nitrogens with one attached hydrogen (secondary N) is 1. The molecule has 2 aromatic rings. The number of nitro groups is 1. The topological polar surface area (TPSA) is 78.7 Å². The maximum atomic E-state index is 12.5. The first-order valence-electron chi connectivity index (χ1n) is 8.65. The molecule has 1 aromatic heterocycles. The van der Waals surface area contributed by atoms with Crippen LogP contribution in [0.15, 0.2) is 42.5 Å². The van der Waals surface area contributed by atoms with Crippen molar-refractivity contribution < 1.29 is 9.72 Å². The lowest BCUT2D eigenvalue weighted by atomic mass is 10.1. The monoisotopic (exact) mass is 404 g/mol. The van der Waals surface area contributed by atoms with Crippen molar-refractivity contribution in [2.75, 3.05) is 32.7 Å². The Kier molecular flexibility index (Phi) is 6.36. The zero-order chi connectivity index (χ0) is 19.2. The molecule has 9 heteroatoms. The summed E-state index contributed by atoms with van der Waals surface area (Å²) >= 11 is 6.37. The summed E-state index contributed by atoms with van der Waals surface area (Å²) in [7, 11) is 0. The molecule has 1 fully saturated rings. The van der Waals surface area contributed by atoms with Crippen molar-refractivity contribution in [3.8, 4) is 0 Å². The molecule has 0 atom stereocenters. The van der Waals surface area contributed by atoms with E-state index in [-0.39, 0.29) is 10.9 Å². The number of benzene rings is 1. The predicted molar refractivity (Wildman–Crippen MR) is 109 cm³/mol. The Labute approximate surface area is 166 Å². The highest BCUT2D eigenvalue weighted by Crippen LogP contribution is 2.25. The van der Waals surface area contributed by atoms with Crippen LogP contribution < -0.4 is 5.32 Å². The van der Waals surface area contributed by atoms with Crippen molar-refractivity contribution >= 4 is 39.6 Å². The van der Waals surface area contributed by atoms with Gasteiger partial charge in [0.1, 0.15) is 0 Å². The van der Waals surface area contributed by atoms with Crippen molar-refractivity contribution in [2.45, 2.75) is 6.42 Å². The van der Waals surface area contributed by atoms with Gasteiger partial charge in [-0.25, -0.2) is 0 Å². The summed E-state index contributed by atoms with van der Waals surface area (Å²) in [5.74, 6) is -0.157. The first-order valence-corrected chi connectivity index (χ1v) is 9.87. The molecular formula is C18H20N4O3S2. The summed E-state index contributed by atoms with van der Waals surface area (Å²) in [5, 5.41) is 14.7. The van der Waals surface area contributed by atoms with E-state index >= 15 is 0 Å². The molecule has 0 aliphatic carbocycles. The number of carbonyl (C=O) groups is 1. The van der Waals surface area contributed by atoms with Crippen LogP contribution in [-0.4, -0.2) is 58.5 Å². The van der Waals surface area contributed by atoms with Gasteiger partial charge in [0.25, 0.3) is 5.91 Å². The van der Waals surface area contributed by atoms with Crippen LogP contribution in [0.4, 0.5) is 5.00 Å². The van der Waals surface area contributed by atoms with E-state index in [4.69, 9.17) is 12.2 Å². The maximum Gasteiger partial charge on any atom is 0.324 e. The van der Waals surface area contributed by atoms with Gasteiger partial charge >= 0.3 is 5.00 Å². The number of hydrogen-bond donors (Lipinski definition) is 1. The molecule has 0 saturated carbocycles. The fourth-order valence-electron chi connectivity index (χ4n) is 2.88. The molecule has 1 N–H and O–H groups in total. The van der Waals surface area contributed by atoms with Crippen molar-refractivity contribution in [1.29, 1.82) is 0 Å². The molecule has 2 heterocycles. The lowest BCUT2D eigenvalue weighted by molar-refractivity contribution is -0.380. The van der Waals surface area contributed by atoms with Gasteiger partial charge in [0.05, 0.1) is 9.80 Å². The zero-order valence-corrected chi connectivity index (χ0v) is 16.3. The summed E-state index contributed by atoms with van der Waals surface area (Å²) in [5.41, 5.74) is 1.26. The number of thiocarbonyl (C=S) groups is 1. The van der Waals surface area contributed by atoms with Crippen LogP contribution in [0, 0.1) is 10.1 Å². The van der Waals surface area contributed by atoms with E-state index in [0.717, 1.165) is 24.3 Å². The smallest absolute Gasteiger partial charge is 0.324 e. The third kappa shape index (κ3) is 5.01. The Morgan fingerprint density at radius 1 is 1.11 bits per heavy atom. The van der Waals surface area contributed by atoms with Gasteiger partial charge in [-0.15, -0.1) is 0 Å². The Balaban J connectivity index is 1.44. The molecular weight excluding hydrogens is 384 g/mol. The van der Waals surface area contributed by atoms with Gasteiger partial charge in [0.15, 0.2) is 5.11 Å². The standard InChI is InChI=1S/C18H20N4O3S2/c23-17(15-6-7-16(27-15)22(24)25)20-10-12-21(13-11-20)18(26)19-9-8-14-4-2-1-3-5-14/h1-7H,8-13H2,(H,19,26). The van der Waals surface area contributed by atoms with E-state index in [1.54, 1.807) is 4.90 Å². The first-order chi connectivity index (χ1) is 13.0. The maximum absolute atomic E-state index is 12.5. The normalized spacial score (nSPS) is 14.1. The molecule has 1 aliphatic heterocycles. The van der Waals surface area contributed by atoms with Crippen LogP contribution in [0.3, 0.4) is 0 Å². The van der Waals surface area contributed by atoms with Crippen molar-refractivity contribution in [1.82, 2.24) is 15.1 Å². The van der Waals surface area contributed by atoms with Gasteiger partial charge in [0.2, 0.25) is 0 Å². The minimum absolute atomic E-state index is 0.0132. The summed E-state index contributed by atoms with van der Waals surface area (Å²) in [6, 6.07) is 13.1. The zero-order valence-electron chi connectivity index (χ0n) is 14.7. The van der Waals surface area contributed by atoms with Crippen LogP contribution >= 0.6 is 23.6 Å². The number of rotatable bonds is 5. The van der Waals surface area contributed by atoms with Gasteiger partial charge in [-0.1, -0.05) is 41.7 Å². The number of amides is 1. The van der Waals surface area contributed by atoms with E-state index in [0.29, 0.717) is 36.2 Å². The highest BCUT2D eigenvalue weighted by molar-refractivity contribution is 7.80. The highest BCUT2D eigenvalue weighted by atomic mass is 32.1. The highest BCUT2D eigenvalue weighted by Gasteiger charge is 2.25. The summed E-state index contributed by atoms with van der Waals surface area (Å²) in [4.78, 5) is 27.0. The largest absolute Gasteiger partial charge is 0.362 e. The molecule has 0 unspecified atom stereocenters. The molecule has 0 radical (unpaired) electrons.